The molecule has 0 spiro atoms. The Bertz CT molecular complexity index is 654. The summed E-state index contributed by atoms with van der Waals surface area (Å²) in [5, 5.41) is 0. The SMILES string of the molecule is CN1CCN(C(=O)c2ccccc2N)c2ccccc21. The van der Waals surface area contributed by atoms with Crippen LogP contribution in [0.25, 0.3) is 0 Å². The van der Waals surface area contributed by atoms with Crippen LogP contribution in [-0.4, -0.2) is 26.0 Å². The van der Waals surface area contributed by atoms with Crippen molar-refractivity contribution in [3.05, 3.63) is 54.1 Å². The van der Waals surface area contributed by atoms with Gasteiger partial charge in [0.15, 0.2) is 0 Å². The number of nitrogens with two attached hydrogens (primary N) is 1. The number of carbonyl (C=O) groups excluding carboxylic acids is 1. The third-order valence-electron chi connectivity index (χ3n) is 3.68. The van der Waals surface area contributed by atoms with Gasteiger partial charge in [0.2, 0.25) is 0 Å². The molecule has 3 rings (SSSR count). The van der Waals surface area contributed by atoms with Gasteiger partial charge in [-0.05, 0) is 24.3 Å². The van der Waals surface area contributed by atoms with Crippen LogP contribution in [0.4, 0.5) is 17.1 Å². The lowest BCUT2D eigenvalue weighted by atomic mass is 10.1. The molecule has 1 aliphatic rings. The van der Waals surface area contributed by atoms with Crippen LogP contribution in [0.5, 0.6) is 0 Å². The van der Waals surface area contributed by atoms with Crippen molar-refractivity contribution in [3.63, 3.8) is 0 Å². The summed E-state index contributed by atoms with van der Waals surface area (Å²) in [6, 6.07) is 15.2. The van der Waals surface area contributed by atoms with E-state index in [1.54, 1.807) is 17.0 Å². The van der Waals surface area contributed by atoms with E-state index in [2.05, 4.69) is 4.90 Å². The van der Waals surface area contributed by atoms with Crippen molar-refractivity contribution in [2.24, 2.45) is 0 Å². The molecule has 0 radical (unpaired) electrons. The Morgan fingerprint density at radius 2 is 1.65 bits per heavy atom. The summed E-state index contributed by atoms with van der Waals surface area (Å²) in [4.78, 5) is 16.7. The molecule has 1 aliphatic heterocycles. The standard InChI is InChI=1S/C16H17N3O/c1-18-10-11-19(15-9-5-4-8-14(15)18)16(20)12-6-2-3-7-13(12)17/h2-9H,10-11,17H2,1H3. The Morgan fingerprint density at radius 1 is 1.00 bits per heavy atom. The predicted molar refractivity (Wildman–Crippen MR) is 82.2 cm³/mol. The predicted octanol–water partition coefficient (Wildman–Crippen LogP) is 2.37. The first kappa shape index (κ1) is 12.5. The Kier molecular flexibility index (Phi) is 3.06. The van der Waals surface area contributed by atoms with Crippen molar-refractivity contribution < 1.29 is 4.79 Å². The molecule has 1 heterocycles. The largest absolute Gasteiger partial charge is 0.398 e. The number of nitrogen functional groups attached to an aromatic ring is 1. The van der Waals surface area contributed by atoms with E-state index in [-0.39, 0.29) is 5.91 Å². The van der Waals surface area contributed by atoms with Gasteiger partial charge in [-0.25, -0.2) is 0 Å². The van der Waals surface area contributed by atoms with Crippen LogP contribution in [0.1, 0.15) is 10.4 Å². The number of amides is 1. The second kappa shape index (κ2) is 4.89. The van der Waals surface area contributed by atoms with E-state index in [0.717, 1.165) is 17.9 Å². The fraction of sp³-hybridized carbons (Fsp3) is 0.188. The van der Waals surface area contributed by atoms with Crippen LogP contribution >= 0.6 is 0 Å². The summed E-state index contributed by atoms with van der Waals surface area (Å²) in [5.74, 6) is -0.0383. The highest BCUT2D eigenvalue weighted by molar-refractivity contribution is 6.11. The molecule has 0 atom stereocenters. The van der Waals surface area contributed by atoms with E-state index in [9.17, 15) is 4.79 Å². The maximum Gasteiger partial charge on any atom is 0.260 e. The Morgan fingerprint density at radius 3 is 2.40 bits per heavy atom. The fourth-order valence-corrected chi connectivity index (χ4v) is 2.55. The van der Waals surface area contributed by atoms with Gasteiger partial charge in [-0.3, -0.25) is 4.79 Å². The van der Waals surface area contributed by atoms with Gasteiger partial charge >= 0.3 is 0 Å². The lowest BCUT2D eigenvalue weighted by Crippen LogP contribution is -2.42. The number of hydrogen-bond acceptors (Lipinski definition) is 3. The molecule has 0 saturated carbocycles. The molecule has 0 aliphatic carbocycles. The second-order valence-electron chi connectivity index (χ2n) is 4.95. The highest BCUT2D eigenvalue weighted by atomic mass is 16.2. The summed E-state index contributed by atoms with van der Waals surface area (Å²) in [6.07, 6.45) is 0. The molecule has 0 saturated heterocycles. The quantitative estimate of drug-likeness (QED) is 0.807. The molecule has 0 aromatic heterocycles. The average Bonchev–Trinajstić information content (AvgIpc) is 2.48. The molecule has 20 heavy (non-hydrogen) atoms. The van der Waals surface area contributed by atoms with Crippen molar-refractivity contribution in [1.29, 1.82) is 0 Å². The van der Waals surface area contributed by atoms with Gasteiger partial charge in [0.05, 0.1) is 16.9 Å². The van der Waals surface area contributed by atoms with Crippen LogP contribution in [0.3, 0.4) is 0 Å². The van der Waals surface area contributed by atoms with Crippen molar-refractivity contribution in [2.45, 2.75) is 0 Å². The van der Waals surface area contributed by atoms with Crippen LogP contribution in [0.15, 0.2) is 48.5 Å². The number of nitrogens with zero attached hydrogens (tertiary/aromatic N) is 2. The first-order chi connectivity index (χ1) is 9.68. The highest BCUT2D eigenvalue weighted by Gasteiger charge is 2.26. The van der Waals surface area contributed by atoms with Gasteiger partial charge in [-0.15, -0.1) is 0 Å². The van der Waals surface area contributed by atoms with Crippen LogP contribution in [-0.2, 0) is 0 Å². The molecule has 102 valence electrons. The molecule has 1 amide bonds. The van der Waals surface area contributed by atoms with E-state index < -0.39 is 0 Å². The van der Waals surface area contributed by atoms with Gasteiger partial charge in [0, 0.05) is 25.8 Å². The highest BCUT2D eigenvalue weighted by Crippen LogP contribution is 2.33. The van der Waals surface area contributed by atoms with Crippen molar-refractivity contribution in [1.82, 2.24) is 0 Å². The molecule has 2 aromatic rings. The van der Waals surface area contributed by atoms with E-state index >= 15 is 0 Å². The molecule has 0 unspecified atom stereocenters. The van der Waals surface area contributed by atoms with Crippen molar-refractivity contribution in [2.75, 3.05) is 35.7 Å². The molecule has 0 fully saturated rings. The van der Waals surface area contributed by atoms with Crippen LogP contribution < -0.4 is 15.5 Å². The zero-order valence-corrected chi connectivity index (χ0v) is 11.4. The number of anilines is 3. The first-order valence-corrected chi connectivity index (χ1v) is 6.65. The number of benzene rings is 2. The number of carbonyl (C=O) groups is 1. The Hall–Kier alpha value is -2.49. The lowest BCUT2D eigenvalue weighted by molar-refractivity contribution is 0.0987. The third kappa shape index (κ3) is 1.99. The maximum atomic E-state index is 12.7. The zero-order valence-electron chi connectivity index (χ0n) is 11.4. The molecular formula is C16H17N3O. The lowest BCUT2D eigenvalue weighted by Gasteiger charge is -2.35. The van der Waals surface area contributed by atoms with Gasteiger partial charge in [0.1, 0.15) is 0 Å². The number of likely N-dealkylation sites (N-methyl/N-ethyl adjacent to an activating group) is 1. The second-order valence-corrected chi connectivity index (χ2v) is 4.95. The van der Waals surface area contributed by atoms with Crippen LogP contribution in [0.2, 0.25) is 0 Å². The number of fused-ring (bicyclic) bond motifs is 1. The van der Waals surface area contributed by atoms with Crippen molar-refractivity contribution >= 4 is 23.0 Å². The van der Waals surface area contributed by atoms with Gasteiger partial charge in [0.25, 0.3) is 5.91 Å². The minimum absolute atomic E-state index is 0.0383. The van der Waals surface area contributed by atoms with E-state index in [0.29, 0.717) is 17.8 Å². The fourth-order valence-electron chi connectivity index (χ4n) is 2.55. The monoisotopic (exact) mass is 267 g/mol. The van der Waals surface area contributed by atoms with Gasteiger partial charge < -0.3 is 15.5 Å². The molecule has 4 heteroatoms. The topological polar surface area (TPSA) is 49.6 Å². The van der Waals surface area contributed by atoms with E-state index in [1.165, 1.54) is 0 Å². The van der Waals surface area contributed by atoms with E-state index in [1.807, 2.05) is 43.4 Å². The Labute approximate surface area is 118 Å². The summed E-state index contributed by atoms with van der Waals surface area (Å²) in [7, 11) is 2.04. The smallest absolute Gasteiger partial charge is 0.260 e. The average molecular weight is 267 g/mol. The first-order valence-electron chi connectivity index (χ1n) is 6.65. The summed E-state index contributed by atoms with van der Waals surface area (Å²) in [6.45, 7) is 1.48. The van der Waals surface area contributed by atoms with Gasteiger partial charge in [-0.2, -0.15) is 0 Å². The Balaban J connectivity index is 2.02. The van der Waals surface area contributed by atoms with Gasteiger partial charge in [-0.1, -0.05) is 24.3 Å². The molecular weight excluding hydrogens is 250 g/mol. The van der Waals surface area contributed by atoms with Crippen molar-refractivity contribution in [3.8, 4) is 0 Å². The minimum Gasteiger partial charge on any atom is -0.398 e. The van der Waals surface area contributed by atoms with Crippen LogP contribution in [0, 0.1) is 0 Å². The molecule has 4 nitrogen and oxygen atoms in total. The number of para-hydroxylation sites is 3. The molecule has 2 aromatic carbocycles. The number of rotatable bonds is 1. The molecule has 0 bridgehead atoms. The minimum atomic E-state index is -0.0383. The normalized spacial score (nSPS) is 14.1. The summed E-state index contributed by atoms with van der Waals surface area (Å²) < 4.78 is 0. The van der Waals surface area contributed by atoms with E-state index in [4.69, 9.17) is 5.73 Å². The summed E-state index contributed by atoms with van der Waals surface area (Å²) >= 11 is 0. The number of hydrogen-bond donors (Lipinski definition) is 1. The summed E-state index contributed by atoms with van der Waals surface area (Å²) in [5.41, 5.74) is 9.01. The zero-order chi connectivity index (χ0) is 14.1. The molecule has 2 N–H and O–H groups in total. The third-order valence-corrected chi connectivity index (χ3v) is 3.68. The maximum absolute atomic E-state index is 12.7.